The summed E-state index contributed by atoms with van der Waals surface area (Å²) in [5.41, 5.74) is 2.40. The van der Waals surface area contributed by atoms with Gasteiger partial charge in [-0.3, -0.25) is 10.0 Å². The Morgan fingerprint density at radius 3 is 2.62 bits per heavy atom. The van der Waals surface area contributed by atoms with Crippen molar-refractivity contribution in [2.75, 3.05) is 10.5 Å². The van der Waals surface area contributed by atoms with Gasteiger partial charge >= 0.3 is 0 Å². The number of amides is 1. The highest BCUT2D eigenvalue weighted by molar-refractivity contribution is 7.86. The lowest BCUT2D eigenvalue weighted by Crippen LogP contribution is -2.18. The summed E-state index contributed by atoms with van der Waals surface area (Å²) in [6, 6.07) is 13.8. The number of hydrogen-bond donors (Lipinski definition) is 3. The van der Waals surface area contributed by atoms with Gasteiger partial charge in [0.25, 0.3) is 0 Å². The van der Waals surface area contributed by atoms with Crippen LogP contribution in [0.5, 0.6) is 0 Å². The van der Waals surface area contributed by atoms with E-state index in [1.54, 1.807) is 5.48 Å². The van der Waals surface area contributed by atoms with Crippen LogP contribution < -0.4 is 10.2 Å². The predicted octanol–water partition coefficient (Wildman–Crippen LogP) is 2.59. The first-order valence-electron chi connectivity index (χ1n) is 6.76. The van der Waals surface area contributed by atoms with Gasteiger partial charge in [-0.05, 0) is 35.7 Å². The first-order valence-corrected chi connectivity index (χ1v) is 8.08. The summed E-state index contributed by atoms with van der Waals surface area (Å²) in [7, 11) is -1.17. The second kappa shape index (κ2) is 7.75. The van der Waals surface area contributed by atoms with Gasteiger partial charge < -0.3 is 4.72 Å². The van der Waals surface area contributed by atoms with E-state index in [1.165, 1.54) is 0 Å². The van der Waals surface area contributed by atoms with Crippen LogP contribution in [0.2, 0.25) is 0 Å². The fraction of sp³-hybridized carbons (Fsp3) is 0.267. The molecule has 2 aromatic carbocycles. The smallest absolute Gasteiger partial charge is 0.243 e. The van der Waals surface area contributed by atoms with E-state index in [9.17, 15) is 9.00 Å². The Kier molecular flexibility index (Phi) is 5.71. The highest BCUT2D eigenvalue weighted by Gasteiger charge is 2.03. The van der Waals surface area contributed by atoms with Crippen LogP contribution in [-0.4, -0.2) is 21.1 Å². The monoisotopic (exact) mass is 306 g/mol. The maximum atomic E-state index is 11.9. The normalized spacial score (nSPS) is 12.0. The van der Waals surface area contributed by atoms with Crippen LogP contribution in [-0.2, 0) is 15.8 Å². The molecule has 2 rings (SSSR count). The molecule has 5 nitrogen and oxygen atoms in total. The second-order valence-electron chi connectivity index (χ2n) is 4.71. The minimum Gasteiger partial charge on any atom is -0.305 e. The average Bonchev–Trinajstić information content (AvgIpc) is 2.51. The third-order valence-electron chi connectivity index (χ3n) is 3.09. The molecule has 0 aliphatic carbocycles. The molecule has 1 amide bonds. The van der Waals surface area contributed by atoms with Crippen LogP contribution in [0.4, 0.5) is 5.69 Å². The molecule has 0 spiro atoms. The molecule has 0 saturated heterocycles. The second-order valence-corrected chi connectivity index (χ2v) is 6.01. The zero-order chi connectivity index (χ0) is 15.1. The Labute approximate surface area is 125 Å². The molecule has 112 valence electrons. The van der Waals surface area contributed by atoms with Gasteiger partial charge in [-0.25, -0.2) is 9.69 Å². The van der Waals surface area contributed by atoms with E-state index >= 15 is 0 Å². The van der Waals surface area contributed by atoms with Crippen molar-refractivity contribution in [1.82, 2.24) is 5.48 Å². The number of fused-ring (bicyclic) bond motifs is 1. The van der Waals surface area contributed by atoms with Gasteiger partial charge in [0.1, 0.15) is 11.0 Å². The van der Waals surface area contributed by atoms with Crippen molar-refractivity contribution in [2.24, 2.45) is 0 Å². The number of carbonyl (C=O) groups excluding carboxylic acids is 1. The Hall–Kier alpha value is -1.92. The summed E-state index contributed by atoms with van der Waals surface area (Å²) in [4.78, 5) is 10.8. The molecule has 0 radical (unpaired) electrons. The summed E-state index contributed by atoms with van der Waals surface area (Å²) in [6.45, 7) is 0. The van der Waals surface area contributed by atoms with Crippen molar-refractivity contribution in [3.63, 3.8) is 0 Å². The zero-order valence-electron chi connectivity index (χ0n) is 11.5. The number of anilines is 1. The molecule has 2 aromatic rings. The highest BCUT2D eigenvalue weighted by atomic mass is 32.2. The standard InChI is InChI=1S/C15H18N2O3S/c18-15(16-19)7-3-4-10-21(20)17-14-9-8-12-5-1-2-6-13(12)11-14/h1-2,5-6,8-9,11,17,19H,3-4,7,10H2,(H,16,18). The SMILES string of the molecule is O=C(CCCCS(=O)Nc1ccc2ccccc2c1)NO. The molecule has 0 aromatic heterocycles. The minimum atomic E-state index is -1.17. The van der Waals surface area contributed by atoms with E-state index in [-0.39, 0.29) is 6.42 Å². The zero-order valence-corrected chi connectivity index (χ0v) is 12.4. The summed E-state index contributed by atoms with van der Waals surface area (Å²) in [5.74, 6) is 0.0502. The Balaban J connectivity index is 1.82. The van der Waals surface area contributed by atoms with E-state index in [2.05, 4.69) is 4.72 Å². The molecular weight excluding hydrogens is 288 g/mol. The Morgan fingerprint density at radius 1 is 1.10 bits per heavy atom. The van der Waals surface area contributed by atoms with Gasteiger partial charge in [0, 0.05) is 17.9 Å². The largest absolute Gasteiger partial charge is 0.305 e. The Morgan fingerprint density at radius 2 is 1.86 bits per heavy atom. The van der Waals surface area contributed by atoms with Crippen molar-refractivity contribution >= 4 is 33.4 Å². The van der Waals surface area contributed by atoms with Gasteiger partial charge in [0.15, 0.2) is 0 Å². The summed E-state index contributed by atoms with van der Waals surface area (Å²) < 4.78 is 14.9. The quantitative estimate of drug-likeness (QED) is 0.418. The molecule has 0 saturated carbocycles. The Bertz CT molecular complexity index is 646. The third kappa shape index (κ3) is 4.84. The lowest BCUT2D eigenvalue weighted by Gasteiger charge is -2.07. The number of nitrogens with one attached hydrogen (secondary N) is 2. The first kappa shape index (κ1) is 15.5. The van der Waals surface area contributed by atoms with Crippen LogP contribution in [0.25, 0.3) is 10.8 Å². The van der Waals surface area contributed by atoms with Gasteiger partial charge in [-0.15, -0.1) is 0 Å². The summed E-state index contributed by atoms with van der Waals surface area (Å²) in [5, 5.41) is 10.6. The number of benzene rings is 2. The van der Waals surface area contributed by atoms with Crippen LogP contribution in [0.15, 0.2) is 42.5 Å². The molecule has 1 atom stereocenters. The van der Waals surface area contributed by atoms with Crippen molar-refractivity contribution in [3.8, 4) is 0 Å². The fourth-order valence-electron chi connectivity index (χ4n) is 2.01. The summed E-state index contributed by atoms with van der Waals surface area (Å²) in [6.07, 6.45) is 1.49. The number of unbranched alkanes of at least 4 members (excludes halogenated alkanes) is 1. The molecule has 3 N–H and O–H groups in total. The highest BCUT2D eigenvalue weighted by Crippen LogP contribution is 2.19. The average molecular weight is 306 g/mol. The summed E-state index contributed by atoms with van der Waals surface area (Å²) >= 11 is 0. The molecule has 0 aliphatic heterocycles. The lowest BCUT2D eigenvalue weighted by molar-refractivity contribution is -0.129. The van der Waals surface area contributed by atoms with Crippen molar-refractivity contribution in [3.05, 3.63) is 42.5 Å². The molecule has 1 unspecified atom stereocenters. The molecule has 0 aliphatic rings. The van der Waals surface area contributed by atoms with E-state index < -0.39 is 16.9 Å². The van der Waals surface area contributed by atoms with Gasteiger partial charge in [0.2, 0.25) is 5.91 Å². The molecule has 0 heterocycles. The van der Waals surface area contributed by atoms with Crippen molar-refractivity contribution < 1.29 is 14.2 Å². The van der Waals surface area contributed by atoms with Crippen molar-refractivity contribution in [2.45, 2.75) is 19.3 Å². The van der Waals surface area contributed by atoms with Crippen LogP contribution in [0, 0.1) is 0 Å². The van der Waals surface area contributed by atoms with Gasteiger partial charge in [-0.1, -0.05) is 30.3 Å². The van der Waals surface area contributed by atoms with Crippen LogP contribution in [0.1, 0.15) is 19.3 Å². The lowest BCUT2D eigenvalue weighted by atomic mass is 10.1. The topological polar surface area (TPSA) is 78.4 Å². The molecule has 6 heteroatoms. The minimum absolute atomic E-state index is 0.240. The molecule has 0 bridgehead atoms. The molecular formula is C15H18N2O3S. The van der Waals surface area contributed by atoms with E-state index in [0.29, 0.717) is 18.6 Å². The third-order valence-corrected chi connectivity index (χ3v) is 4.21. The van der Waals surface area contributed by atoms with Crippen LogP contribution in [0.3, 0.4) is 0 Å². The van der Waals surface area contributed by atoms with Gasteiger partial charge in [-0.2, -0.15) is 0 Å². The first-order chi connectivity index (χ1) is 10.2. The van der Waals surface area contributed by atoms with E-state index in [1.807, 2.05) is 42.5 Å². The van der Waals surface area contributed by atoms with Crippen LogP contribution >= 0.6 is 0 Å². The van der Waals surface area contributed by atoms with Crippen molar-refractivity contribution in [1.29, 1.82) is 0 Å². The molecule has 21 heavy (non-hydrogen) atoms. The maximum absolute atomic E-state index is 11.9. The number of rotatable bonds is 7. The number of hydroxylamine groups is 1. The van der Waals surface area contributed by atoms with Gasteiger partial charge in [0.05, 0.1) is 0 Å². The predicted molar refractivity (Wildman–Crippen MR) is 84.4 cm³/mol. The number of carbonyl (C=O) groups is 1. The van der Waals surface area contributed by atoms with E-state index in [0.717, 1.165) is 16.5 Å². The van der Waals surface area contributed by atoms with E-state index in [4.69, 9.17) is 5.21 Å². The number of hydrogen-bond acceptors (Lipinski definition) is 3. The maximum Gasteiger partial charge on any atom is 0.243 e. The fourth-order valence-corrected chi connectivity index (χ4v) is 2.97. The molecule has 0 fully saturated rings.